The van der Waals surface area contributed by atoms with Gasteiger partial charge in [-0.05, 0) is 59.9 Å². The molecule has 6 atom stereocenters. The molecule has 2 saturated carbocycles. The molecule has 2 amide bonds. The highest BCUT2D eigenvalue weighted by Gasteiger charge is 2.55. The predicted octanol–water partition coefficient (Wildman–Crippen LogP) is 0.290. The standard InChI is InChI=1S/C23H29N7O2/c24-7-15-16-11-29(12-17(15)16)22(31)26-20-5-6-30(23(32)27-20)14-3-1-13(2-4-14)8-28-9-18-19(10-28)21(18)25/h1-6,15-19,21H,7-12,24-25H2,(H,26,27,31,32)/t15?,16-,17?,18-,19+,21?/m1/s1. The molecule has 4 fully saturated rings. The molecule has 32 heavy (non-hydrogen) atoms. The second-order valence-electron chi connectivity index (χ2n) is 9.79. The molecule has 2 saturated heterocycles. The quantitative estimate of drug-likeness (QED) is 0.621. The molecule has 2 aliphatic carbocycles. The lowest BCUT2D eigenvalue weighted by Gasteiger charge is -2.20. The third kappa shape index (κ3) is 3.41. The van der Waals surface area contributed by atoms with Crippen molar-refractivity contribution in [2.75, 3.05) is 38.0 Å². The molecule has 168 valence electrons. The Bertz CT molecular complexity index is 1080. The molecule has 0 spiro atoms. The summed E-state index contributed by atoms with van der Waals surface area (Å²) in [5.74, 6) is 3.25. The summed E-state index contributed by atoms with van der Waals surface area (Å²) in [6.45, 7) is 5.22. The van der Waals surface area contributed by atoms with Gasteiger partial charge in [-0.1, -0.05) is 12.1 Å². The number of anilines is 1. The number of aromatic nitrogens is 2. The van der Waals surface area contributed by atoms with Crippen LogP contribution in [-0.4, -0.2) is 64.1 Å². The molecule has 0 bridgehead atoms. The van der Waals surface area contributed by atoms with Crippen LogP contribution in [0.4, 0.5) is 10.6 Å². The van der Waals surface area contributed by atoms with E-state index in [0.717, 1.165) is 38.4 Å². The number of nitrogens with zero attached hydrogens (tertiary/aromatic N) is 4. The van der Waals surface area contributed by atoms with Gasteiger partial charge in [0.05, 0.1) is 5.69 Å². The van der Waals surface area contributed by atoms with Crippen molar-refractivity contribution in [1.29, 1.82) is 0 Å². The largest absolute Gasteiger partial charge is 0.354 e. The highest BCUT2D eigenvalue weighted by Crippen LogP contribution is 2.50. The van der Waals surface area contributed by atoms with E-state index in [4.69, 9.17) is 11.5 Å². The zero-order valence-corrected chi connectivity index (χ0v) is 17.9. The van der Waals surface area contributed by atoms with Crippen molar-refractivity contribution in [2.45, 2.75) is 12.6 Å². The Hall–Kier alpha value is -2.75. The van der Waals surface area contributed by atoms with Crippen molar-refractivity contribution in [3.8, 4) is 5.69 Å². The van der Waals surface area contributed by atoms with Crippen LogP contribution in [0.2, 0.25) is 0 Å². The Labute approximate surface area is 186 Å². The molecule has 9 heteroatoms. The van der Waals surface area contributed by atoms with E-state index in [-0.39, 0.29) is 11.8 Å². The number of carbonyl (C=O) groups is 1. The minimum atomic E-state index is -0.420. The minimum absolute atomic E-state index is 0.206. The smallest absolute Gasteiger partial charge is 0.330 e. The van der Waals surface area contributed by atoms with Crippen molar-refractivity contribution in [2.24, 2.45) is 41.1 Å². The average Bonchev–Trinajstić information content (AvgIpc) is 3.41. The van der Waals surface area contributed by atoms with E-state index in [1.54, 1.807) is 17.2 Å². The zero-order chi connectivity index (χ0) is 22.0. The maximum atomic E-state index is 12.6. The molecule has 5 N–H and O–H groups in total. The summed E-state index contributed by atoms with van der Waals surface area (Å²) in [5.41, 5.74) is 13.3. The van der Waals surface area contributed by atoms with E-state index >= 15 is 0 Å². The van der Waals surface area contributed by atoms with Crippen molar-refractivity contribution in [3.05, 3.63) is 52.6 Å². The first kappa shape index (κ1) is 19.9. The number of nitrogens with two attached hydrogens (primary N) is 2. The molecule has 2 aliphatic heterocycles. The molecule has 1 aromatic carbocycles. The van der Waals surface area contributed by atoms with E-state index in [9.17, 15) is 9.59 Å². The highest BCUT2D eigenvalue weighted by atomic mass is 16.2. The van der Waals surface area contributed by atoms with Gasteiger partial charge in [0, 0.05) is 45.0 Å². The van der Waals surface area contributed by atoms with E-state index in [0.29, 0.717) is 42.2 Å². The lowest BCUT2D eigenvalue weighted by molar-refractivity contribution is 0.214. The van der Waals surface area contributed by atoms with Gasteiger partial charge in [-0.15, -0.1) is 0 Å². The minimum Gasteiger partial charge on any atom is -0.330 e. The van der Waals surface area contributed by atoms with Gasteiger partial charge in [0.25, 0.3) is 0 Å². The molecule has 3 heterocycles. The molecule has 2 aromatic rings. The number of hydrogen-bond donors (Lipinski definition) is 3. The van der Waals surface area contributed by atoms with Crippen molar-refractivity contribution in [1.82, 2.24) is 19.4 Å². The Morgan fingerprint density at radius 3 is 2.34 bits per heavy atom. The summed E-state index contributed by atoms with van der Waals surface area (Å²) < 4.78 is 1.49. The first-order valence-electron chi connectivity index (χ1n) is 11.4. The van der Waals surface area contributed by atoms with Crippen LogP contribution in [0.1, 0.15) is 5.56 Å². The first-order valence-corrected chi connectivity index (χ1v) is 11.4. The predicted molar refractivity (Wildman–Crippen MR) is 120 cm³/mol. The van der Waals surface area contributed by atoms with Gasteiger partial charge in [0.2, 0.25) is 0 Å². The Balaban J connectivity index is 1.07. The highest BCUT2D eigenvalue weighted by molar-refractivity contribution is 5.88. The number of nitrogens with one attached hydrogen (secondary N) is 1. The summed E-state index contributed by atoms with van der Waals surface area (Å²) in [6.07, 6.45) is 1.65. The Morgan fingerprint density at radius 1 is 1.03 bits per heavy atom. The topological polar surface area (TPSA) is 123 Å². The number of piperidine rings is 2. The number of likely N-dealkylation sites (tertiary alicyclic amines) is 2. The fraction of sp³-hybridized carbons (Fsp3) is 0.522. The van der Waals surface area contributed by atoms with Gasteiger partial charge in [-0.3, -0.25) is 14.8 Å². The molecule has 6 rings (SSSR count). The second kappa shape index (κ2) is 7.40. The zero-order valence-electron chi connectivity index (χ0n) is 17.9. The number of carbonyl (C=O) groups excluding carboxylic acids is 1. The molecular formula is C23H29N7O2. The van der Waals surface area contributed by atoms with Crippen LogP contribution in [0.5, 0.6) is 0 Å². The average molecular weight is 436 g/mol. The van der Waals surface area contributed by atoms with Gasteiger partial charge in [0.15, 0.2) is 0 Å². The van der Waals surface area contributed by atoms with Crippen LogP contribution >= 0.6 is 0 Å². The summed E-state index contributed by atoms with van der Waals surface area (Å²) in [7, 11) is 0. The summed E-state index contributed by atoms with van der Waals surface area (Å²) in [6, 6.07) is 9.83. The van der Waals surface area contributed by atoms with Crippen molar-refractivity contribution in [3.63, 3.8) is 0 Å². The number of urea groups is 1. The van der Waals surface area contributed by atoms with Gasteiger partial charge in [-0.2, -0.15) is 4.98 Å². The fourth-order valence-electron chi connectivity index (χ4n) is 5.83. The molecule has 9 nitrogen and oxygen atoms in total. The number of hydrogen-bond acceptors (Lipinski definition) is 6. The molecular weight excluding hydrogens is 406 g/mol. The SMILES string of the molecule is NCC1C2CN(C(=O)Nc3ccn(-c4ccc(CN5C[C@@H]6C(N)[C@@H]6C5)cc4)c(=O)n3)C[C@H]12. The van der Waals surface area contributed by atoms with Crippen LogP contribution < -0.4 is 22.5 Å². The molecule has 0 radical (unpaired) electrons. The van der Waals surface area contributed by atoms with E-state index < -0.39 is 5.69 Å². The third-order valence-electron chi connectivity index (χ3n) is 7.93. The van der Waals surface area contributed by atoms with E-state index in [2.05, 4.69) is 27.3 Å². The van der Waals surface area contributed by atoms with Crippen LogP contribution in [0.25, 0.3) is 5.69 Å². The molecule has 1 aromatic heterocycles. The van der Waals surface area contributed by atoms with E-state index in [1.807, 2.05) is 12.1 Å². The van der Waals surface area contributed by atoms with Crippen LogP contribution in [-0.2, 0) is 6.54 Å². The fourth-order valence-corrected chi connectivity index (χ4v) is 5.83. The summed E-state index contributed by atoms with van der Waals surface area (Å²) >= 11 is 0. The number of fused-ring (bicyclic) bond motifs is 2. The monoisotopic (exact) mass is 435 g/mol. The van der Waals surface area contributed by atoms with Gasteiger partial charge in [-0.25, -0.2) is 9.59 Å². The summed E-state index contributed by atoms with van der Waals surface area (Å²) in [4.78, 5) is 33.3. The normalized spacial score (nSPS) is 32.5. The van der Waals surface area contributed by atoms with Crippen molar-refractivity contribution >= 4 is 11.8 Å². The molecule has 3 unspecified atom stereocenters. The Morgan fingerprint density at radius 2 is 1.72 bits per heavy atom. The lowest BCUT2D eigenvalue weighted by atomic mass is 10.2. The Kier molecular flexibility index (Phi) is 4.60. The third-order valence-corrected chi connectivity index (χ3v) is 7.93. The van der Waals surface area contributed by atoms with Crippen LogP contribution in [0.3, 0.4) is 0 Å². The van der Waals surface area contributed by atoms with Crippen molar-refractivity contribution < 1.29 is 4.79 Å². The van der Waals surface area contributed by atoms with Gasteiger partial charge < -0.3 is 16.4 Å². The van der Waals surface area contributed by atoms with Gasteiger partial charge in [0.1, 0.15) is 5.82 Å². The van der Waals surface area contributed by atoms with Crippen LogP contribution in [0.15, 0.2) is 41.3 Å². The number of rotatable bonds is 5. The maximum Gasteiger partial charge on any atom is 0.354 e. The maximum absolute atomic E-state index is 12.6. The lowest BCUT2D eigenvalue weighted by Crippen LogP contribution is -2.36. The molecule has 4 aliphatic rings. The van der Waals surface area contributed by atoms with Crippen LogP contribution in [0, 0.1) is 29.6 Å². The second-order valence-corrected chi connectivity index (χ2v) is 9.79. The van der Waals surface area contributed by atoms with E-state index in [1.165, 1.54) is 10.1 Å². The van der Waals surface area contributed by atoms with Gasteiger partial charge >= 0.3 is 11.7 Å². The summed E-state index contributed by atoms with van der Waals surface area (Å²) in [5, 5.41) is 2.75. The number of amides is 2. The number of benzene rings is 1. The first-order chi connectivity index (χ1) is 15.5.